The maximum absolute atomic E-state index is 5.39. The van der Waals surface area contributed by atoms with Crippen LogP contribution >= 0.6 is 21.0 Å². The molecular formula is C8H19IN4O2. The number of hydroxylamine groups is 1. The highest BCUT2D eigenvalue weighted by atomic mass is 127. The van der Waals surface area contributed by atoms with Gasteiger partial charge in [0.1, 0.15) is 6.61 Å². The van der Waals surface area contributed by atoms with Crippen molar-refractivity contribution in [3.05, 3.63) is 12.3 Å². The Morgan fingerprint density at radius 1 is 1.47 bits per heavy atom. The normalized spacial score (nSPS) is 16.7. The molecule has 1 unspecified atom stereocenters. The van der Waals surface area contributed by atoms with Crippen LogP contribution in [0.3, 0.4) is 0 Å². The molecular weight excluding hydrogens is 311 g/mol. The van der Waals surface area contributed by atoms with Crippen molar-refractivity contribution < 1.29 is 9.68 Å². The average molecular weight is 330 g/mol. The van der Waals surface area contributed by atoms with Gasteiger partial charge in [0.05, 0.1) is 12.1 Å². The van der Waals surface area contributed by atoms with Gasteiger partial charge in [-0.05, 0) is 19.3 Å². The summed E-state index contributed by atoms with van der Waals surface area (Å²) >= 11 is -0.213. The van der Waals surface area contributed by atoms with E-state index < -0.39 is 5.54 Å². The van der Waals surface area contributed by atoms with Crippen molar-refractivity contribution in [2.45, 2.75) is 5.54 Å². The molecule has 0 heterocycles. The number of rotatable bonds is 8. The van der Waals surface area contributed by atoms with Crippen LogP contribution in [0.1, 0.15) is 0 Å². The first-order chi connectivity index (χ1) is 7.24. The van der Waals surface area contributed by atoms with E-state index in [2.05, 4.69) is 14.1 Å². The number of nitrogens with two attached hydrogens (primary N) is 1. The van der Waals surface area contributed by atoms with Crippen molar-refractivity contribution in [3.63, 3.8) is 0 Å². The van der Waals surface area contributed by atoms with Crippen LogP contribution in [0.5, 0.6) is 0 Å². The molecule has 15 heavy (non-hydrogen) atoms. The van der Waals surface area contributed by atoms with Crippen molar-refractivity contribution >= 4 is 21.0 Å². The molecule has 7 heteroatoms. The van der Waals surface area contributed by atoms with E-state index in [1.54, 1.807) is 13.1 Å². The van der Waals surface area contributed by atoms with Crippen molar-refractivity contribution in [1.29, 1.82) is 0 Å². The number of hydrogen-bond acceptors (Lipinski definition) is 6. The molecule has 90 valence electrons. The Morgan fingerprint density at radius 3 is 2.67 bits per heavy atom. The molecule has 0 spiro atoms. The van der Waals surface area contributed by atoms with E-state index in [0.29, 0.717) is 13.2 Å². The molecule has 0 amide bonds. The first-order valence-corrected chi connectivity index (χ1v) is 7.55. The molecule has 0 aromatic heterocycles. The molecule has 0 aliphatic rings. The topological polar surface area (TPSA) is 80.9 Å². The number of alkyl halides is 1. The summed E-state index contributed by atoms with van der Waals surface area (Å²) in [6, 6.07) is 0. The molecule has 0 saturated heterocycles. The summed E-state index contributed by atoms with van der Waals surface area (Å²) in [4.78, 5) is 12.3. The summed E-state index contributed by atoms with van der Waals surface area (Å²) < 4.78 is 3.91. The zero-order valence-electron chi connectivity index (χ0n) is 9.29. The van der Waals surface area contributed by atoms with Gasteiger partial charge in [-0.3, -0.25) is 4.84 Å². The lowest BCUT2D eigenvalue weighted by Gasteiger charge is -2.27. The SMILES string of the molecule is CNOCC(/C=C/N)(CON=IC)NC. The summed E-state index contributed by atoms with van der Waals surface area (Å²) in [5, 5.41) is 3.11. The van der Waals surface area contributed by atoms with Gasteiger partial charge < -0.3 is 11.1 Å². The number of halogens is 1. The lowest BCUT2D eigenvalue weighted by Crippen LogP contribution is -2.50. The van der Waals surface area contributed by atoms with E-state index in [0.717, 1.165) is 0 Å². The number of nitrogens with zero attached hydrogens (tertiary/aromatic N) is 1. The quantitative estimate of drug-likeness (QED) is 0.338. The Morgan fingerprint density at radius 2 is 2.20 bits per heavy atom. The highest BCUT2D eigenvalue weighted by Crippen LogP contribution is 2.09. The number of nitrogens with one attached hydrogen (secondary N) is 2. The molecule has 0 fully saturated rings. The Labute approximate surface area is 101 Å². The minimum Gasteiger partial charge on any atom is -0.405 e. The molecule has 0 rings (SSSR count). The Bertz CT molecular complexity index is 213. The van der Waals surface area contributed by atoms with E-state index in [-0.39, 0.29) is 21.0 Å². The summed E-state index contributed by atoms with van der Waals surface area (Å²) in [5.41, 5.74) is 7.56. The Kier molecular flexibility index (Phi) is 9.10. The van der Waals surface area contributed by atoms with Crippen molar-refractivity contribution in [1.82, 2.24) is 10.8 Å². The number of hydrogen-bond donors (Lipinski definition) is 3. The smallest absolute Gasteiger partial charge is 0.102 e. The first-order valence-electron chi connectivity index (χ1n) is 4.42. The maximum atomic E-state index is 5.39. The fourth-order valence-corrected chi connectivity index (χ4v) is 1.36. The fraction of sp³-hybridized carbons (Fsp3) is 0.750. The van der Waals surface area contributed by atoms with Crippen LogP contribution in [-0.2, 0) is 9.68 Å². The zero-order chi connectivity index (χ0) is 11.6. The van der Waals surface area contributed by atoms with Gasteiger partial charge in [0.2, 0.25) is 0 Å². The lowest BCUT2D eigenvalue weighted by atomic mass is 10.0. The molecule has 4 N–H and O–H groups in total. The third-order valence-electron chi connectivity index (χ3n) is 1.83. The first kappa shape index (κ1) is 14.9. The van der Waals surface area contributed by atoms with Gasteiger partial charge in [-0.15, -0.1) is 3.31 Å². The molecule has 0 aliphatic carbocycles. The largest absolute Gasteiger partial charge is 0.405 e. The molecule has 0 bridgehead atoms. The minimum atomic E-state index is -0.444. The van der Waals surface area contributed by atoms with Crippen LogP contribution in [0.25, 0.3) is 0 Å². The maximum Gasteiger partial charge on any atom is 0.102 e. The van der Waals surface area contributed by atoms with Crippen LogP contribution in [0.4, 0.5) is 0 Å². The molecule has 1 atom stereocenters. The van der Waals surface area contributed by atoms with Gasteiger partial charge >= 0.3 is 0 Å². The van der Waals surface area contributed by atoms with Gasteiger partial charge in [-0.25, -0.2) is 10.3 Å². The fourth-order valence-electron chi connectivity index (χ4n) is 0.939. The van der Waals surface area contributed by atoms with Crippen LogP contribution < -0.4 is 16.5 Å². The molecule has 0 saturated carbocycles. The van der Waals surface area contributed by atoms with Gasteiger partial charge in [0.25, 0.3) is 0 Å². The summed E-state index contributed by atoms with van der Waals surface area (Å²) in [7, 11) is 3.53. The average Bonchev–Trinajstić information content (AvgIpc) is 2.26. The minimum absolute atomic E-state index is 0.213. The Hall–Kier alpha value is -0.0900. The standard InChI is InChI=1S/C8H19IN4O2/c1-9-13-15-7-8(11-2,4-5-10)6-14-12-3/h4-5,11-12H,6-7,10H2,1-3H3/b5-4+. The van der Waals surface area contributed by atoms with Crippen molar-refractivity contribution in [2.75, 3.05) is 32.2 Å². The predicted molar refractivity (Wildman–Crippen MR) is 68.5 cm³/mol. The van der Waals surface area contributed by atoms with Gasteiger partial charge in [0.15, 0.2) is 0 Å². The summed E-state index contributed by atoms with van der Waals surface area (Å²) in [5.74, 6) is 0. The second kappa shape index (κ2) is 9.16. The molecule has 0 aromatic rings. The van der Waals surface area contributed by atoms with Crippen LogP contribution in [0.2, 0.25) is 0 Å². The van der Waals surface area contributed by atoms with Crippen LogP contribution in [0, 0.1) is 0 Å². The molecule has 0 aliphatic heterocycles. The molecule has 0 aromatic carbocycles. The highest BCUT2D eigenvalue weighted by Gasteiger charge is 2.26. The second-order valence-corrected chi connectivity index (χ2v) is 4.13. The monoisotopic (exact) mass is 330 g/mol. The summed E-state index contributed by atoms with van der Waals surface area (Å²) in [6.07, 6.45) is 3.27. The molecule has 0 radical (unpaired) electrons. The van der Waals surface area contributed by atoms with E-state index in [1.165, 1.54) is 6.20 Å². The Balaban J connectivity index is 4.35. The van der Waals surface area contributed by atoms with Crippen molar-refractivity contribution in [2.24, 2.45) is 9.04 Å². The highest BCUT2D eigenvalue weighted by molar-refractivity contribution is 14.2. The third kappa shape index (κ3) is 6.15. The van der Waals surface area contributed by atoms with E-state index in [9.17, 15) is 0 Å². The van der Waals surface area contributed by atoms with Crippen LogP contribution in [-0.4, -0.2) is 37.8 Å². The third-order valence-corrected chi connectivity index (χ3v) is 2.50. The van der Waals surface area contributed by atoms with Gasteiger partial charge in [0, 0.05) is 33.0 Å². The van der Waals surface area contributed by atoms with E-state index in [1.807, 2.05) is 12.0 Å². The van der Waals surface area contributed by atoms with E-state index >= 15 is 0 Å². The van der Waals surface area contributed by atoms with Gasteiger partial charge in [-0.2, -0.15) is 0 Å². The zero-order valence-corrected chi connectivity index (χ0v) is 11.4. The van der Waals surface area contributed by atoms with Gasteiger partial charge in [-0.1, -0.05) is 0 Å². The van der Waals surface area contributed by atoms with Crippen molar-refractivity contribution in [3.8, 4) is 0 Å². The number of likely N-dealkylation sites (N-methyl/N-ethyl adjacent to an activating group) is 1. The lowest BCUT2D eigenvalue weighted by molar-refractivity contribution is -0.00480. The van der Waals surface area contributed by atoms with E-state index in [4.69, 9.17) is 15.4 Å². The summed E-state index contributed by atoms with van der Waals surface area (Å²) in [6.45, 7) is 0.803. The predicted octanol–water partition coefficient (Wildman–Crippen LogP) is 0.284. The second-order valence-electron chi connectivity index (χ2n) is 2.77. The van der Waals surface area contributed by atoms with Crippen LogP contribution in [0.15, 0.2) is 15.6 Å². The molecule has 6 nitrogen and oxygen atoms in total.